The van der Waals surface area contributed by atoms with Crippen molar-refractivity contribution in [2.45, 2.75) is 39.5 Å². The number of aryl methyl sites for hydroxylation is 2. The summed E-state index contributed by atoms with van der Waals surface area (Å²) in [7, 11) is 1.70. The van der Waals surface area contributed by atoms with Gasteiger partial charge in [-0.2, -0.15) is 0 Å². The van der Waals surface area contributed by atoms with E-state index >= 15 is 0 Å². The number of aromatic nitrogens is 1. The number of nitrogens with one attached hydrogen (secondary N) is 1. The molecule has 150 valence electrons. The molecule has 0 radical (unpaired) electrons. The van der Waals surface area contributed by atoms with Gasteiger partial charge in [0.25, 0.3) is 0 Å². The quantitative estimate of drug-likeness (QED) is 0.842. The van der Waals surface area contributed by atoms with Crippen LogP contribution < -0.4 is 5.32 Å². The van der Waals surface area contributed by atoms with Crippen molar-refractivity contribution in [3.8, 4) is 0 Å². The van der Waals surface area contributed by atoms with Gasteiger partial charge in [0.2, 0.25) is 5.91 Å². The molecule has 1 fully saturated rings. The maximum absolute atomic E-state index is 13.0. The lowest BCUT2D eigenvalue weighted by Crippen LogP contribution is -2.51. The first kappa shape index (κ1) is 20.2. The molecule has 1 aliphatic rings. The number of ether oxygens (including phenoxy) is 1. The van der Waals surface area contributed by atoms with Gasteiger partial charge in [0.1, 0.15) is 24.2 Å². The Morgan fingerprint density at radius 2 is 2.00 bits per heavy atom. The Hall–Kier alpha value is -2.58. The van der Waals surface area contributed by atoms with Gasteiger partial charge in [0, 0.05) is 18.6 Å². The van der Waals surface area contributed by atoms with Crippen molar-refractivity contribution in [2.75, 3.05) is 19.1 Å². The lowest BCUT2D eigenvalue weighted by Gasteiger charge is -2.28. The Morgan fingerprint density at radius 3 is 2.61 bits per heavy atom. The third-order valence-corrected chi connectivity index (χ3v) is 5.00. The zero-order valence-corrected chi connectivity index (χ0v) is 17.0. The third-order valence-electron chi connectivity index (χ3n) is 4.75. The number of likely N-dealkylation sites (N-methyl/N-ethyl adjacent to an activating group) is 1. The van der Waals surface area contributed by atoms with Crippen molar-refractivity contribution in [2.24, 2.45) is 0 Å². The van der Waals surface area contributed by atoms with Crippen LogP contribution in [0.1, 0.15) is 23.9 Å². The van der Waals surface area contributed by atoms with E-state index in [1.54, 1.807) is 44.9 Å². The molecule has 0 bridgehead atoms. The van der Waals surface area contributed by atoms with Gasteiger partial charge in [0.05, 0.1) is 6.10 Å². The largest absolute Gasteiger partial charge is 0.359 e. The zero-order valence-electron chi connectivity index (χ0n) is 16.2. The van der Waals surface area contributed by atoms with E-state index in [1.165, 1.54) is 4.90 Å². The highest BCUT2D eigenvalue weighted by Gasteiger charge is 2.42. The number of rotatable bonds is 4. The summed E-state index contributed by atoms with van der Waals surface area (Å²) in [5, 5.41) is 7.22. The van der Waals surface area contributed by atoms with E-state index in [-0.39, 0.29) is 12.6 Å². The highest BCUT2D eigenvalue weighted by Crippen LogP contribution is 2.24. The van der Waals surface area contributed by atoms with Crippen LogP contribution in [0.25, 0.3) is 0 Å². The molecule has 2 unspecified atom stereocenters. The van der Waals surface area contributed by atoms with E-state index in [0.717, 1.165) is 5.56 Å². The van der Waals surface area contributed by atoms with Gasteiger partial charge in [-0.1, -0.05) is 28.9 Å². The summed E-state index contributed by atoms with van der Waals surface area (Å²) < 4.78 is 10.6. The maximum atomic E-state index is 13.0. The van der Waals surface area contributed by atoms with Crippen molar-refractivity contribution in [3.63, 3.8) is 0 Å². The van der Waals surface area contributed by atoms with Gasteiger partial charge >= 0.3 is 6.03 Å². The summed E-state index contributed by atoms with van der Waals surface area (Å²) in [6.07, 6.45) is -0.421. The molecule has 3 rings (SSSR count). The fourth-order valence-electron chi connectivity index (χ4n) is 3.15. The first-order valence-corrected chi connectivity index (χ1v) is 9.27. The monoisotopic (exact) mass is 406 g/mol. The molecule has 2 atom stereocenters. The van der Waals surface area contributed by atoms with Gasteiger partial charge in [0.15, 0.2) is 5.76 Å². The number of amides is 3. The number of hydrogen-bond acceptors (Lipinski definition) is 5. The van der Waals surface area contributed by atoms with Crippen molar-refractivity contribution >= 4 is 29.2 Å². The van der Waals surface area contributed by atoms with Crippen LogP contribution in [0.15, 0.2) is 28.8 Å². The molecule has 3 amide bonds. The number of anilines is 1. The predicted molar refractivity (Wildman–Crippen MR) is 104 cm³/mol. The van der Waals surface area contributed by atoms with E-state index in [2.05, 4.69) is 10.5 Å². The number of nitrogens with zero attached hydrogens (tertiary/aromatic N) is 3. The van der Waals surface area contributed by atoms with Crippen molar-refractivity contribution in [1.82, 2.24) is 15.0 Å². The van der Waals surface area contributed by atoms with E-state index < -0.39 is 18.2 Å². The minimum Gasteiger partial charge on any atom is -0.359 e. The molecule has 8 nitrogen and oxygen atoms in total. The Balaban J connectivity index is 1.71. The molecule has 9 heteroatoms. The predicted octanol–water partition coefficient (Wildman–Crippen LogP) is 3.18. The molecule has 1 aliphatic heterocycles. The van der Waals surface area contributed by atoms with Gasteiger partial charge in [-0.05, 0) is 38.5 Å². The Bertz CT molecular complexity index is 848. The molecule has 28 heavy (non-hydrogen) atoms. The van der Waals surface area contributed by atoms with Crippen LogP contribution in [0.3, 0.4) is 0 Å². The highest BCUT2D eigenvalue weighted by molar-refractivity contribution is 6.30. The normalized spacial score (nSPS) is 19.0. The second-order valence-corrected chi connectivity index (χ2v) is 7.30. The smallest absolute Gasteiger partial charge is 0.324 e. The molecule has 1 aromatic carbocycles. The standard InChI is InChI=1S/C19H23ClN4O4/c1-11-16(12(2)28-22-11)21-19(26)24-10-27-13(3)17(24)18(25)23(4)9-14-5-7-15(20)8-6-14/h5-8,13,17H,9-10H2,1-4H3,(H,21,26). The second-order valence-electron chi connectivity index (χ2n) is 6.87. The number of halogens is 1. The Kier molecular flexibility index (Phi) is 5.90. The summed E-state index contributed by atoms with van der Waals surface area (Å²) in [5.74, 6) is 0.301. The first-order valence-electron chi connectivity index (χ1n) is 8.89. The number of carbonyl (C=O) groups is 2. The summed E-state index contributed by atoms with van der Waals surface area (Å²) in [6, 6.07) is 6.13. The van der Waals surface area contributed by atoms with Gasteiger partial charge in [-0.15, -0.1) is 0 Å². The number of carbonyl (C=O) groups excluding carboxylic acids is 2. The summed E-state index contributed by atoms with van der Waals surface area (Å²) in [6.45, 7) is 5.65. The number of benzene rings is 1. The van der Waals surface area contributed by atoms with Crippen LogP contribution >= 0.6 is 11.6 Å². The Morgan fingerprint density at radius 1 is 1.32 bits per heavy atom. The third kappa shape index (κ3) is 4.13. The number of urea groups is 1. The first-order chi connectivity index (χ1) is 13.3. The summed E-state index contributed by atoms with van der Waals surface area (Å²) >= 11 is 5.91. The SMILES string of the molecule is Cc1noc(C)c1NC(=O)N1COC(C)C1C(=O)N(C)Cc1ccc(Cl)cc1. The van der Waals surface area contributed by atoms with Crippen LogP contribution in [0.4, 0.5) is 10.5 Å². The van der Waals surface area contributed by atoms with E-state index in [9.17, 15) is 9.59 Å². The lowest BCUT2D eigenvalue weighted by molar-refractivity contribution is -0.135. The van der Waals surface area contributed by atoms with E-state index in [4.69, 9.17) is 20.9 Å². The molecule has 0 aliphatic carbocycles. The molecule has 2 heterocycles. The molecular formula is C19H23ClN4O4. The molecule has 1 saturated heterocycles. The van der Waals surface area contributed by atoms with Crippen molar-refractivity contribution in [1.29, 1.82) is 0 Å². The topological polar surface area (TPSA) is 87.9 Å². The van der Waals surface area contributed by atoms with Crippen LogP contribution in [0, 0.1) is 13.8 Å². The molecule has 2 aromatic rings. The average molecular weight is 407 g/mol. The maximum Gasteiger partial charge on any atom is 0.324 e. The van der Waals surface area contributed by atoms with Crippen LogP contribution in [0.5, 0.6) is 0 Å². The van der Waals surface area contributed by atoms with Gasteiger partial charge in [-0.3, -0.25) is 9.69 Å². The van der Waals surface area contributed by atoms with E-state index in [1.807, 2.05) is 12.1 Å². The fraction of sp³-hybridized carbons (Fsp3) is 0.421. The lowest BCUT2D eigenvalue weighted by atomic mass is 10.1. The van der Waals surface area contributed by atoms with Crippen LogP contribution in [-0.4, -0.2) is 52.8 Å². The fourth-order valence-corrected chi connectivity index (χ4v) is 3.28. The van der Waals surface area contributed by atoms with Crippen LogP contribution in [-0.2, 0) is 16.1 Å². The Labute approximate surface area is 168 Å². The molecular weight excluding hydrogens is 384 g/mol. The summed E-state index contributed by atoms with van der Waals surface area (Å²) in [4.78, 5) is 28.8. The zero-order chi connectivity index (χ0) is 20.4. The molecule has 1 aromatic heterocycles. The minimum absolute atomic E-state index is 0.0293. The molecule has 1 N–H and O–H groups in total. The van der Waals surface area contributed by atoms with Crippen molar-refractivity contribution in [3.05, 3.63) is 46.3 Å². The highest BCUT2D eigenvalue weighted by atomic mass is 35.5. The van der Waals surface area contributed by atoms with Gasteiger partial charge < -0.3 is 19.5 Å². The number of hydrogen-bond donors (Lipinski definition) is 1. The van der Waals surface area contributed by atoms with Crippen LogP contribution in [0.2, 0.25) is 5.02 Å². The minimum atomic E-state index is -0.724. The molecule has 0 saturated carbocycles. The van der Waals surface area contributed by atoms with Gasteiger partial charge in [-0.25, -0.2) is 4.79 Å². The molecule has 0 spiro atoms. The summed E-state index contributed by atoms with van der Waals surface area (Å²) in [5.41, 5.74) is 2.02. The average Bonchev–Trinajstić information content (AvgIpc) is 3.20. The van der Waals surface area contributed by atoms with E-state index in [0.29, 0.717) is 28.7 Å². The van der Waals surface area contributed by atoms with Crippen molar-refractivity contribution < 1.29 is 18.8 Å². The second kappa shape index (κ2) is 8.20.